The summed E-state index contributed by atoms with van der Waals surface area (Å²) < 4.78 is 0. The van der Waals surface area contributed by atoms with Crippen LogP contribution in [0.1, 0.15) is 31.2 Å². The van der Waals surface area contributed by atoms with E-state index in [-0.39, 0.29) is 5.91 Å². The average molecular weight is 286 g/mol. The molecular formula is C14H17Cl2NO. The van der Waals surface area contributed by atoms with Crippen LogP contribution in [0.5, 0.6) is 0 Å². The first-order valence-electron chi connectivity index (χ1n) is 6.39. The van der Waals surface area contributed by atoms with Crippen molar-refractivity contribution < 1.29 is 4.79 Å². The lowest BCUT2D eigenvalue weighted by molar-refractivity contribution is -0.132. The van der Waals surface area contributed by atoms with Crippen LogP contribution in [0.3, 0.4) is 0 Å². The summed E-state index contributed by atoms with van der Waals surface area (Å²) in [6.07, 6.45) is 4.59. The number of nitrogens with zero attached hydrogens (tertiary/aromatic N) is 1. The molecule has 0 saturated carbocycles. The molecule has 1 aromatic carbocycles. The number of carbonyl (C=O) groups excluding carboxylic acids is 1. The molecule has 1 aromatic rings. The molecule has 1 saturated heterocycles. The molecule has 0 spiro atoms. The van der Waals surface area contributed by atoms with Gasteiger partial charge < -0.3 is 4.90 Å². The second-order valence-electron chi connectivity index (χ2n) is 4.64. The Hall–Kier alpha value is -0.730. The summed E-state index contributed by atoms with van der Waals surface area (Å²) in [6.45, 7) is 1.80. The molecule has 2 rings (SSSR count). The Kier molecular flexibility index (Phi) is 4.90. The van der Waals surface area contributed by atoms with E-state index >= 15 is 0 Å². The Balaban J connectivity index is 1.92. The monoisotopic (exact) mass is 285 g/mol. The van der Waals surface area contributed by atoms with E-state index in [0.29, 0.717) is 22.9 Å². The van der Waals surface area contributed by atoms with Crippen LogP contribution in [0.15, 0.2) is 18.2 Å². The lowest BCUT2D eigenvalue weighted by atomic mass is 10.1. The van der Waals surface area contributed by atoms with Gasteiger partial charge in [-0.1, -0.05) is 29.3 Å². The molecule has 0 aromatic heterocycles. The second-order valence-corrected chi connectivity index (χ2v) is 5.46. The van der Waals surface area contributed by atoms with E-state index in [1.807, 2.05) is 23.1 Å². The number of hydrogen-bond donors (Lipinski definition) is 0. The molecule has 1 aliphatic rings. The summed E-state index contributed by atoms with van der Waals surface area (Å²) in [6, 6.07) is 5.45. The topological polar surface area (TPSA) is 20.3 Å². The van der Waals surface area contributed by atoms with Crippen LogP contribution in [0.2, 0.25) is 10.0 Å². The number of likely N-dealkylation sites (tertiary alicyclic amines) is 1. The van der Waals surface area contributed by atoms with Crippen molar-refractivity contribution in [2.45, 2.75) is 32.1 Å². The van der Waals surface area contributed by atoms with Crippen molar-refractivity contribution in [2.75, 3.05) is 13.1 Å². The maximum absolute atomic E-state index is 12.0. The molecule has 0 radical (unpaired) electrons. The molecule has 2 nitrogen and oxygen atoms in total. The van der Waals surface area contributed by atoms with E-state index < -0.39 is 0 Å². The van der Waals surface area contributed by atoms with Crippen LogP contribution in [0, 0.1) is 0 Å². The summed E-state index contributed by atoms with van der Waals surface area (Å²) >= 11 is 12.2. The highest BCUT2D eigenvalue weighted by Crippen LogP contribution is 2.25. The van der Waals surface area contributed by atoms with Gasteiger partial charge in [-0.3, -0.25) is 4.79 Å². The summed E-state index contributed by atoms with van der Waals surface area (Å²) in [4.78, 5) is 14.0. The summed E-state index contributed by atoms with van der Waals surface area (Å²) in [5.41, 5.74) is 0.881. The first kappa shape index (κ1) is 13.7. The fraction of sp³-hybridized carbons (Fsp3) is 0.500. The largest absolute Gasteiger partial charge is 0.343 e. The van der Waals surface area contributed by atoms with Gasteiger partial charge in [0, 0.05) is 29.6 Å². The van der Waals surface area contributed by atoms with Gasteiger partial charge in [-0.05, 0) is 43.4 Å². The van der Waals surface area contributed by atoms with Crippen molar-refractivity contribution in [3.05, 3.63) is 33.8 Å². The number of hydrogen-bond acceptors (Lipinski definition) is 1. The van der Waals surface area contributed by atoms with Gasteiger partial charge in [0.25, 0.3) is 0 Å². The fourth-order valence-corrected chi connectivity index (χ4v) is 2.89. The number of piperidine rings is 1. The number of carbonyl (C=O) groups is 1. The van der Waals surface area contributed by atoms with Crippen molar-refractivity contribution >= 4 is 29.1 Å². The number of amides is 1. The zero-order valence-corrected chi connectivity index (χ0v) is 11.8. The van der Waals surface area contributed by atoms with Crippen molar-refractivity contribution in [1.29, 1.82) is 0 Å². The fourth-order valence-electron chi connectivity index (χ4n) is 2.30. The quantitative estimate of drug-likeness (QED) is 0.824. The molecule has 1 heterocycles. The molecule has 1 amide bonds. The Labute approximate surface area is 118 Å². The minimum atomic E-state index is 0.214. The Bertz CT molecular complexity index is 408. The molecule has 98 valence electrons. The summed E-state index contributed by atoms with van der Waals surface area (Å²) in [7, 11) is 0. The zero-order valence-electron chi connectivity index (χ0n) is 10.3. The van der Waals surface area contributed by atoms with Crippen LogP contribution in [-0.4, -0.2) is 23.9 Å². The smallest absolute Gasteiger partial charge is 0.222 e. The molecule has 0 atom stereocenters. The standard InChI is InChI=1S/C14H17Cl2NO/c15-12-5-4-6-13(16)11(12)7-8-14(18)17-9-2-1-3-10-17/h4-6H,1-3,7-10H2. The number of halogens is 2. The Morgan fingerprint density at radius 1 is 1.11 bits per heavy atom. The van der Waals surface area contributed by atoms with Crippen molar-refractivity contribution in [1.82, 2.24) is 4.90 Å². The van der Waals surface area contributed by atoms with Crippen LogP contribution >= 0.6 is 23.2 Å². The van der Waals surface area contributed by atoms with Gasteiger partial charge in [-0.15, -0.1) is 0 Å². The maximum Gasteiger partial charge on any atom is 0.222 e. The minimum Gasteiger partial charge on any atom is -0.343 e. The summed E-state index contributed by atoms with van der Waals surface area (Å²) in [5.74, 6) is 0.214. The van der Waals surface area contributed by atoms with E-state index in [4.69, 9.17) is 23.2 Å². The van der Waals surface area contributed by atoms with Gasteiger partial charge in [-0.2, -0.15) is 0 Å². The first-order chi connectivity index (χ1) is 8.68. The molecular weight excluding hydrogens is 269 g/mol. The highest BCUT2D eigenvalue weighted by atomic mass is 35.5. The highest BCUT2D eigenvalue weighted by molar-refractivity contribution is 6.36. The molecule has 0 N–H and O–H groups in total. The van der Waals surface area contributed by atoms with Crippen LogP contribution in [-0.2, 0) is 11.2 Å². The molecule has 1 aliphatic heterocycles. The van der Waals surface area contributed by atoms with E-state index in [1.165, 1.54) is 6.42 Å². The Morgan fingerprint density at radius 3 is 2.33 bits per heavy atom. The lowest BCUT2D eigenvalue weighted by Crippen LogP contribution is -2.35. The van der Waals surface area contributed by atoms with Gasteiger partial charge in [-0.25, -0.2) is 0 Å². The predicted octanol–water partition coefficient (Wildman–Crippen LogP) is 3.94. The molecule has 0 bridgehead atoms. The summed E-state index contributed by atoms with van der Waals surface area (Å²) in [5, 5.41) is 1.29. The van der Waals surface area contributed by atoms with Crippen LogP contribution in [0.25, 0.3) is 0 Å². The van der Waals surface area contributed by atoms with Crippen molar-refractivity contribution in [3.63, 3.8) is 0 Å². The van der Waals surface area contributed by atoms with Gasteiger partial charge in [0.05, 0.1) is 0 Å². The van der Waals surface area contributed by atoms with Gasteiger partial charge in [0.1, 0.15) is 0 Å². The van der Waals surface area contributed by atoms with E-state index in [9.17, 15) is 4.79 Å². The third-order valence-electron chi connectivity index (χ3n) is 3.36. The maximum atomic E-state index is 12.0. The Morgan fingerprint density at radius 2 is 1.72 bits per heavy atom. The highest BCUT2D eigenvalue weighted by Gasteiger charge is 2.17. The van der Waals surface area contributed by atoms with Crippen LogP contribution < -0.4 is 0 Å². The first-order valence-corrected chi connectivity index (χ1v) is 7.15. The van der Waals surface area contributed by atoms with Gasteiger partial charge in [0.15, 0.2) is 0 Å². The number of benzene rings is 1. The SMILES string of the molecule is O=C(CCc1c(Cl)cccc1Cl)N1CCCCC1. The number of rotatable bonds is 3. The molecule has 0 unspecified atom stereocenters. The van der Waals surface area contributed by atoms with Crippen LogP contribution in [0.4, 0.5) is 0 Å². The van der Waals surface area contributed by atoms with E-state index in [2.05, 4.69) is 0 Å². The molecule has 0 aliphatic carbocycles. The van der Waals surface area contributed by atoms with Gasteiger partial charge >= 0.3 is 0 Å². The van der Waals surface area contributed by atoms with Crippen molar-refractivity contribution in [2.24, 2.45) is 0 Å². The normalized spacial score (nSPS) is 15.8. The molecule has 4 heteroatoms. The minimum absolute atomic E-state index is 0.214. The molecule has 18 heavy (non-hydrogen) atoms. The average Bonchev–Trinajstić information content (AvgIpc) is 2.39. The van der Waals surface area contributed by atoms with Gasteiger partial charge in [0.2, 0.25) is 5.91 Å². The second kappa shape index (κ2) is 6.44. The molecule has 1 fully saturated rings. The third-order valence-corrected chi connectivity index (χ3v) is 4.07. The van der Waals surface area contributed by atoms with E-state index in [1.54, 1.807) is 0 Å². The van der Waals surface area contributed by atoms with E-state index in [0.717, 1.165) is 31.5 Å². The van der Waals surface area contributed by atoms with Crippen molar-refractivity contribution in [3.8, 4) is 0 Å². The zero-order chi connectivity index (χ0) is 13.0. The lowest BCUT2D eigenvalue weighted by Gasteiger charge is -2.26. The third kappa shape index (κ3) is 3.39. The predicted molar refractivity (Wildman–Crippen MR) is 75.2 cm³/mol.